The molecule has 2 aliphatic rings. The number of ether oxygens (including phenoxy) is 2. The molecular weight excluding hydrogens is 398 g/mol. The van der Waals surface area contributed by atoms with E-state index in [0.717, 1.165) is 0 Å². The van der Waals surface area contributed by atoms with Gasteiger partial charge in [0.25, 0.3) is 11.9 Å². The smallest absolute Gasteiger partial charge is 0.256 e. The lowest BCUT2D eigenvalue weighted by atomic mass is 9.78. The van der Waals surface area contributed by atoms with Crippen molar-refractivity contribution in [3.63, 3.8) is 0 Å². The third kappa shape index (κ3) is 2.67. The number of nitrogens with zero attached hydrogens (tertiary/aromatic N) is 1. The summed E-state index contributed by atoms with van der Waals surface area (Å²) in [6, 6.07) is 8.58. The zero-order valence-electron chi connectivity index (χ0n) is 16.1. The van der Waals surface area contributed by atoms with E-state index >= 15 is 0 Å². The number of nitro groups is 1. The van der Waals surface area contributed by atoms with Crippen LogP contribution >= 0.6 is 11.6 Å². The Bertz CT molecular complexity index is 1010. The number of benzene rings is 2. The molecule has 9 heteroatoms. The molecule has 152 valence electrons. The minimum absolute atomic E-state index is 0.317. The average Bonchev–Trinajstić information content (AvgIpc) is 3.16. The molecule has 4 rings (SSSR count). The van der Waals surface area contributed by atoms with Crippen LogP contribution in [0.4, 0.5) is 5.69 Å². The zero-order valence-corrected chi connectivity index (χ0v) is 16.8. The van der Waals surface area contributed by atoms with Crippen LogP contribution in [0.15, 0.2) is 36.4 Å². The second-order valence-corrected chi connectivity index (χ2v) is 7.63. The molecule has 29 heavy (non-hydrogen) atoms. The van der Waals surface area contributed by atoms with Crippen LogP contribution in [0.1, 0.15) is 24.0 Å². The van der Waals surface area contributed by atoms with Gasteiger partial charge in [-0.3, -0.25) is 20.2 Å². The molecule has 2 N–H and O–H groups in total. The number of anilines is 1. The highest BCUT2D eigenvalue weighted by atomic mass is 35.5. The molecule has 2 aromatic rings. The van der Waals surface area contributed by atoms with Gasteiger partial charge in [-0.15, -0.1) is 0 Å². The summed E-state index contributed by atoms with van der Waals surface area (Å²) in [6.07, 6.45) is 0. The zero-order chi connectivity index (χ0) is 20.9. The van der Waals surface area contributed by atoms with E-state index in [1.165, 1.54) is 14.2 Å². The van der Waals surface area contributed by atoms with Crippen molar-refractivity contribution >= 4 is 23.2 Å². The first-order valence-electron chi connectivity index (χ1n) is 9.08. The quantitative estimate of drug-likeness (QED) is 0.585. The van der Waals surface area contributed by atoms with Crippen LogP contribution < -0.4 is 20.1 Å². The summed E-state index contributed by atoms with van der Waals surface area (Å²) in [4.78, 5) is 25.0. The van der Waals surface area contributed by atoms with Crippen LogP contribution in [0.3, 0.4) is 0 Å². The van der Waals surface area contributed by atoms with Crippen LogP contribution in [0.25, 0.3) is 0 Å². The van der Waals surface area contributed by atoms with Crippen LogP contribution in [0, 0.1) is 10.1 Å². The molecule has 0 aliphatic carbocycles. The third-order valence-corrected chi connectivity index (χ3v) is 6.15. The number of hydrogen-bond donors (Lipinski definition) is 2. The van der Waals surface area contributed by atoms with E-state index in [2.05, 4.69) is 10.6 Å². The topological polar surface area (TPSA) is 103 Å². The molecule has 4 atom stereocenters. The molecular formula is C20H20ClN3O5. The van der Waals surface area contributed by atoms with Crippen molar-refractivity contribution in [3.8, 4) is 11.5 Å². The van der Waals surface area contributed by atoms with Crippen molar-refractivity contribution in [2.45, 2.75) is 30.5 Å². The van der Waals surface area contributed by atoms with E-state index < -0.39 is 34.4 Å². The van der Waals surface area contributed by atoms with Crippen molar-refractivity contribution in [3.05, 3.63) is 62.7 Å². The van der Waals surface area contributed by atoms with E-state index in [0.29, 0.717) is 33.3 Å². The van der Waals surface area contributed by atoms with Crippen molar-refractivity contribution in [1.82, 2.24) is 5.32 Å². The average molecular weight is 418 g/mol. The van der Waals surface area contributed by atoms with Crippen LogP contribution in [-0.2, 0) is 10.3 Å². The van der Waals surface area contributed by atoms with E-state index in [1.807, 2.05) is 6.92 Å². The van der Waals surface area contributed by atoms with Gasteiger partial charge in [0.2, 0.25) is 0 Å². The Morgan fingerprint density at radius 1 is 1.17 bits per heavy atom. The molecule has 0 radical (unpaired) electrons. The normalized spacial score (nSPS) is 27.6. The number of para-hydroxylation sites is 1. The standard InChI is InChI=1S/C20H20ClN3O5/c1-10-17(11-8-15(28-2)16(29-3)9-13(11)21)18(24(26)27)20(23-10)12-6-4-5-7-14(12)22-19(20)25/h4-10,17-18,23H,1-3H3,(H,22,25)/t10-,17-,18+,20+/m0/s1. The Morgan fingerprint density at radius 2 is 1.83 bits per heavy atom. The summed E-state index contributed by atoms with van der Waals surface area (Å²) in [5.41, 5.74) is 0.182. The lowest BCUT2D eigenvalue weighted by molar-refractivity contribution is -0.532. The summed E-state index contributed by atoms with van der Waals surface area (Å²) in [5, 5.41) is 18.6. The van der Waals surface area contributed by atoms with Gasteiger partial charge in [0.1, 0.15) is 0 Å². The van der Waals surface area contributed by atoms with E-state index in [9.17, 15) is 14.9 Å². The first-order chi connectivity index (χ1) is 13.8. The van der Waals surface area contributed by atoms with Gasteiger partial charge in [-0.25, -0.2) is 0 Å². The third-order valence-electron chi connectivity index (χ3n) is 5.83. The minimum atomic E-state index is -1.49. The molecule has 0 bridgehead atoms. The van der Waals surface area contributed by atoms with Gasteiger partial charge in [-0.1, -0.05) is 29.8 Å². The van der Waals surface area contributed by atoms with Crippen LogP contribution in [0.2, 0.25) is 5.02 Å². The Morgan fingerprint density at radius 3 is 2.48 bits per heavy atom. The lowest BCUT2D eigenvalue weighted by Crippen LogP contribution is -2.54. The van der Waals surface area contributed by atoms with Gasteiger partial charge in [0, 0.05) is 33.3 Å². The molecule has 0 unspecified atom stereocenters. The number of carbonyl (C=O) groups is 1. The second kappa shape index (κ2) is 6.89. The molecule has 2 heterocycles. The molecule has 1 amide bonds. The van der Waals surface area contributed by atoms with Gasteiger partial charge in [0.15, 0.2) is 17.0 Å². The monoisotopic (exact) mass is 417 g/mol. The van der Waals surface area contributed by atoms with Gasteiger partial charge in [0.05, 0.1) is 20.1 Å². The Kier molecular flexibility index (Phi) is 4.63. The number of methoxy groups -OCH3 is 2. The minimum Gasteiger partial charge on any atom is -0.493 e. The molecule has 2 aliphatic heterocycles. The van der Waals surface area contributed by atoms with Crippen molar-refractivity contribution in [2.24, 2.45) is 0 Å². The summed E-state index contributed by atoms with van der Waals surface area (Å²) in [5.74, 6) is -0.268. The molecule has 2 aromatic carbocycles. The summed E-state index contributed by atoms with van der Waals surface area (Å²) in [7, 11) is 2.97. The van der Waals surface area contributed by atoms with Crippen LogP contribution in [0.5, 0.6) is 11.5 Å². The highest BCUT2D eigenvalue weighted by Gasteiger charge is 2.67. The maximum atomic E-state index is 13.0. The molecule has 8 nitrogen and oxygen atoms in total. The molecule has 1 fully saturated rings. The highest BCUT2D eigenvalue weighted by molar-refractivity contribution is 6.31. The number of halogens is 1. The summed E-state index contributed by atoms with van der Waals surface area (Å²) < 4.78 is 10.6. The fourth-order valence-electron chi connectivity index (χ4n) is 4.65. The molecule has 0 aromatic heterocycles. The highest BCUT2D eigenvalue weighted by Crippen LogP contribution is 2.51. The SMILES string of the molecule is COc1cc(Cl)c([C@@H]2[C@H](C)N[C@@]3(C(=O)Nc4ccccc43)[C@@H]2[N+](=O)[O-])cc1OC. The van der Waals surface area contributed by atoms with E-state index in [-0.39, 0.29) is 0 Å². The van der Waals surface area contributed by atoms with E-state index in [1.54, 1.807) is 36.4 Å². The maximum Gasteiger partial charge on any atom is 0.256 e. The molecule has 1 saturated heterocycles. The Hall–Kier alpha value is -2.84. The van der Waals surface area contributed by atoms with Crippen molar-refractivity contribution in [2.75, 3.05) is 19.5 Å². The number of hydrogen-bond acceptors (Lipinski definition) is 6. The summed E-state index contributed by atoms with van der Waals surface area (Å²) in [6.45, 7) is 1.82. The number of fused-ring (bicyclic) bond motifs is 2. The Labute approximate surface area is 172 Å². The fourth-order valence-corrected chi connectivity index (χ4v) is 4.93. The largest absolute Gasteiger partial charge is 0.493 e. The lowest BCUT2D eigenvalue weighted by Gasteiger charge is -2.26. The predicted molar refractivity (Wildman–Crippen MR) is 107 cm³/mol. The number of amides is 1. The number of carbonyl (C=O) groups excluding carboxylic acids is 1. The Balaban J connectivity index is 1.91. The maximum absolute atomic E-state index is 13.0. The first-order valence-corrected chi connectivity index (χ1v) is 9.46. The number of nitrogens with one attached hydrogen (secondary N) is 2. The van der Waals surface area contributed by atoms with Gasteiger partial charge < -0.3 is 14.8 Å². The van der Waals surface area contributed by atoms with E-state index in [4.69, 9.17) is 21.1 Å². The van der Waals surface area contributed by atoms with Gasteiger partial charge in [-0.2, -0.15) is 0 Å². The molecule has 0 saturated carbocycles. The second-order valence-electron chi connectivity index (χ2n) is 7.23. The summed E-state index contributed by atoms with van der Waals surface area (Å²) >= 11 is 6.50. The predicted octanol–water partition coefficient (Wildman–Crippen LogP) is 2.93. The van der Waals surface area contributed by atoms with Gasteiger partial charge in [-0.05, 0) is 24.6 Å². The number of rotatable bonds is 4. The fraction of sp³-hybridized carbons (Fsp3) is 0.350. The van der Waals surface area contributed by atoms with Crippen molar-refractivity contribution in [1.29, 1.82) is 0 Å². The van der Waals surface area contributed by atoms with Crippen molar-refractivity contribution < 1.29 is 19.2 Å². The first kappa shape index (κ1) is 19.5. The molecule has 1 spiro atoms. The van der Waals surface area contributed by atoms with Gasteiger partial charge >= 0.3 is 0 Å². The van der Waals surface area contributed by atoms with Crippen LogP contribution in [-0.4, -0.2) is 37.1 Å².